The zero-order valence-corrected chi connectivity index (χ0v) is 15.0. The van der Waals surface area contributed by atoms with Crippen LogP contribution in [0.4, 0.5) is 4.79 Å². The molecule has 1 aromatic heterocycles. The molecule has 10 heteroatoms. The Morgan fingerprint density at radius 1 is 1.33 bits per heavy atom. The molecule has 0 unspecified atom stereocenters. The van der Waals surface area contributed by atoms with Crippen LogP contribution in [0.5, 0.6) is 0 Å². The van der Waals surface area contributed by atoms with Crippen LogP contribution in [-0.4, -0.2) is 55.6 Å². The summed E-state index contributed by atoms with van der Waals surface area (Å²) in [5.74, 6) is -0.448. The molecule has 0 radical (unpaired) electrons. The highest BCUT2D eigenvalue weighted by Crippen LogP contribution is 2.31. The second kappa shape index (κ2) is 8.14. The highest BCUT2D eigenvalue weighted by Gasteiger charge is 2.34. The zero-order valence-electron chi connectivity index (χ0n) is 14.1. The van der Waals surface area contributed by atoms with Gasteiger partial charge < -0.3 is 5.11 Å². The van der Waals surface area contributed by atoms with Crippen LogP contribution >= 0.6 is 11.8 Å². The average Bonchev–Trinajstić information content (AvgIpc) is 3.08. The smallest absolute Gasteiger partial charge is 0.293 e. The minimum atomic E-state index is -0.448. The van der Waals surface area contributed by atoms with Crippen molar-refractivity contribution >= 4 is 34.7 Å². The topological polar surface area (TPSA) is 119 Å². The maximum absolute atomic E-state index is 12.2. The van der Waals surface area contributed by atoms with E-state index >= 15 is 0 Å². The largest absolute Gasteiger partial charge is 0.395 e. The van der Waals surface area contributed by atoms with Crippen molar-refractivity contribution in [3.05, 3.63) is 62.9 Å². The number of imide groups is 1. The number of β-amino-alcohol motifs (C(OH)–C–C–N with tert-alkyl or cyclic N) is 1. The predicted molar refractivity (Wildman–Crippen MR) is 100.0 cm³/mol. The van der Waals surface area contributed by atoms with Gasteiger partial charge in [0.05, 0.1) is 29.4 Å². The van der Waals surface area contributed by atoms with Crippen molar-refractivity contribution in [3.63, 3.8) is 0 Å². The Balaban J connectivity index is 1.74. The molecule has 0 atom stereocenters. The van der Waals surface area contributed by atoms with Gasteiger partial charge in [-0.15, -0.1) is 0 Å². The molecule has 0 bridgehead atoms. The number of allylic oxidation sites excluding steroid dienone is 4. The third kappa shape index (κ3) is 4.41. The molecule has 3 rings (SSSR count). The molecule has 2 aliphatic rings. The van der Waals surface area contributed by atoms with Gasteiger partial charge >= 0.3 is 0 Å². The van der Waals surface area contributed by atoms with Gasteiger partial charge in [-0.2, -0.15) is 5.10 Å². The Bertz CT molecular complexity index is 912. The van der Waals surface area contributed by atoms with Crippen LogP contribution in [0, 0.1) is 10.1 Å². The quantitative estimate of drug-likeness (QED) is 0.449. The number of amides is 2. The summed E-state index contributed by atoms with van der Waals surface area (Å²) in [4.78, 5) is 35.5. The Kier molecular flexibility index (Phi) is 5.67. The SMILES string of the molecule is O=C1S/C(=C\c2ccn(C3=CCC=C(C[N+](=O)[O-])C=C3)n2)C(=O)N1CCO. The van der Waals surface area contributed by atoms with Crippen molar-refractivity contribution < 1.29 is 19.6 Å². The van der Waals surface area contributed by atoms with E-state index < -0.39 is 11.1 Å². The van der Waals surface area contributed by atoms with Crippen molar-refractivity contribution in [1.82, 2.24) is 14.7 Å². The van der Waals surface area contributed by atoms with E-state index in [0.29, 0.717) is 17.7 Å². The van der Waals surface area contributed by atoms with Crippen molar-refractivity contribution in [1.29, 1.82) is 0 Å². The van der Waals surface area contributed by atoms with E-state index in [0.717, 1.165) is 22.4 Å². The number of carbonyl (C=O) groups excluding carboxylic acids is 2. The molecule has 0 aromatic carbocycles. The molecule has 140 valence electrons. The van der Waals surface area contributed by atoms with Gasteiger partial charge in [0, 0.05) is 16.7 Å². The molecule has 1 aliphatic carbocycles. The molecule has 1 N–H and O–H groups in total. The number of nitrogens with zero attached hydrogens (tertiary/aromatic N) is 4. The fourth-order valence-electron chi connectivity index (χ4n) is 2.58. The van der Waals surface area contributed by atoms with Gasteiger partial charge in [0.15, 0.2) is 0 Å². The lowest BCUT2D eigenvalue weighted by Gasteiger charge is -2.08. The van der Waals surface area contributed by atoms with Crippen LogP contribution in [0.15, 0.2) is 47.0 Å². The van der Waals surface area contributed by atoms with Gasteiger partial charge in [0.25, 0.3) is 11.1 Å². The van der Waals surface area contributed by atoms with Crippen LogP contribution in [0.1, 0.15) is 12.1 Å². The van der Waals surface area contributed by atoms with Crippen LogP contribution < -0.4 is 0 Å². The number of carbonyl (C=O) groups is 2. The second-order valence-electron chi connectivity index (χ2n) is 5.71. The first-order valence-electron chi connectivity index (χ1n) is 8.09. The summed E-state index contributed by atoms with van der Waals surface area (Å²) in [6.07, 6.45) is 10.9. The first-order valence-corrected chi connectivity index (χ1v) is 8.91. The molecular formula is C17H16N4O5S. The number of aliphatic hydroxyl groups is 1. The molecule has 0 saturated carbocycles. The predicted octanol–water partition coefficient (Wildman–Crippen LogP) is 1.92. The normalized spacial score (nSPS) is 18.7. The van der Waals surface area contributed by atoms with Crippen LogP contribution in [0.3, 0.4) is 0 Å². The van der Waals surface area contributed by atoms with E-state index in [-0.39, 0.29) is 29.5 Å². The number of aliphatic hydroxyl groups excluding tert-OH is 1. The lowest BCUT2D eigenvalue weighted by Crippen LogP contribution is -2.30. The maximum atomic E-state index is 12.2. The first kappa shape index (κ1) is 18.8. The lowest BCUT2D eigenvalue weighted by atomic mass is 10.2. The Labute approximate surface area is 158 Å². The number of nitro groups is 1. The Morgan fingerprint density at radius 3 is 2.89 bits per heavy atom. The van der Waals surface area contributed by atoms with E-state index in [1.165, 1.54) is 6.08 Å². The van der Waals surface area contributed by atoms with E-state index in [1.807, 2.05) is 6.08 Å². The lowest BCUT2D eigenvalue weighted by molar-refractivity contribution is -0.470. The summed E-state index contributed by atoms with van der Waals surface area (Å²) in [6.45, 7) is -0.549. The standard InChI is InChI=1S/C17H16N4O5S/c22-9-8-19-16(23)15(27-17(19)24)10-13-6-7-20(18-13)14-3-1-2-12(4-5-14)11-21(25)26/h2-7,10,22H,1,8-9,11H2/b15-10-. The molecule has 1 saturated heterocycles. The molecule has 1 aromatic rings. The minimum Gasteiger partial charge on any atom is -0.395 e. The third-order valence-electron chi connectivity index (χ3n) is 3.84. The van der Waals surface area contributed by atoms with Crippen LogP contribution in [0.2, 0.25) is 0 Å². The summed E-state index contributed by atoms with van der Waals surface area (Å²) in [5, 5.41) is 23.5. The fourth-order valence-corrected chi connectivity index (χ4v) is 3.43. The van der Waals surface area contributed by atoms with Crippen LogP contribution in [0.25, 0.3) is 11.8 Å². The van der Waals surface area contributed by atoms with Crippen molar-refractivity contribution in [2.75, 3.05) is 19.7 Å². The maximum Gasteiger partial charge on any atom is 0.293 e. The molecule has 2 heterocycles. The van der Waals surface area contributed by atoms with Gasteiger partial charge in [0.1, 0.15) is 0 Å². The monoisotopic (exact) mass is 388 g/mol. The van der Waals surface area contributed by atoms with E-state index in [2.05, 4.69) is 5.10 Å². The van der Waals surface area contributed by atoms with Crippen molar-refractivity contribution in [2.24, 2.45) is 0 Å². The van der Waals surface area contributed by atoms with E-state index in [9.17, 15) is 19.7 Å². The fraction of sp³-hybridized carbons (Fsp3) is 0.235. The summed E-state index contributed by atoms with van der Waals surface area (Å²) in [6, 6.07) is 1.70. The zero-order chi connectivity index (χ0) is 19.4. The van der Waals surface area contributed by atoms with E-state index in [4.69, 9.17) is 5.11 Å². The van der Waals surface area contributed by atoms with Gasteiger partial charge in [0.2, 0.25) is 6.54 Å². The first-order chi connectivity index (χ1) is 13.0. The molecule has 1 fully saturated rings. The number of thioether (sulfide) groups is 1. The highest BCUT2D eigenvalue weighted by molar-refractivity contribution is 8.18. The van der Waals surface area contributed by atoms with Gasteiger partial charge in [-0.25, -0.2) is 4.68 Å². The second-order valence-corrected chi connectivity index (χ2v) is 6.70. The van der Waals surface area contributed by atoms with E-state index in [1.54, 1.807) is 35.2 Å². The minimum absolute atomic E-state index is 0.0341. The number of aromatic nitrogens is 2. The van der Waals surface area contributed by atoms with Crippen molar-refractivity contribution in [2.45, 2.75) is 6.42 Å². The molecule has 0 spiro atoms. The molecular weight excluding hydrogens is 372 g/mol. The van der Waals surface area contributed by atoms with Crippen molar-refractivity contribution in [3.8, 4) is 0 Å². The summed E-state index contributed by atoms with van der Waals surface area (Å²) in [5.41, 5.74) is 1.87. The third-order valence-corrected chi connectivity index (χ3v) is 4.74. The number of hydrogen-bond acceptors (Lipinski definition) is 7. The Morgan fingerprint density at radius 2 is 2.15 bits per heavy atom. The average molecular weight is 388 g/mol. The highest BCUT2D eigenvalue weighted by atomic mass is 32.2. The molecule has 9 nitrogen and oxygen atoms in total. The molecule has 27 heavy (non-hydrogen) atoms. The van der Waals surface area contributed by atoms with Gasteiger partial charge in [-0.3, -0.25) is 24.6 Å². The summed E-state index contributed by atoms with van der Waals surface area (Å²) in [7, 11) is 0. The van der Waals surface area contributed by atoms with Gasteiger partial charge in [-0.05, 0) is 36.4 Å². The summed E-state index contributed by atoms with van der Waals surface area (Å²) >= 11 is 0.808. The number of rotatable bonds is 6. The summed E-state index contributed by atoms with van der Waals surface area (Å²) < 4.78 is 1.60. The Hall–Kier alpha value is -2.98. The number of hydrogen-bond donors (Lipinski definition) is 1. The molecule has 1 aliphatic heterocycles. The van der Waals surface area contributed by atoms with Gasteiger partial charge in [-0.1, -0.05) is 18.2 Å². The van der Waals surface area contributed by atoms with Crippen LogP contribution in [-0.2, 0) is 4.79 Å². The molecule has 2 amide bonds.